The van der Waals surface area contributed by atoms with E-state index in [1.807, 2.05) is 30.3 Å². The van der Waals surface area contributed by atoms with E-state index in [0.717, 1.165) is 5.56 Å². The number of aromatic nitrogens is 1. The molecule has 0 aliphatic rings. The molecule has 3 rings (SSSR count). The van der Waals surface area contributed by atoms with Crippen molar-refractivity contribution < 1.29 is 19.1 Å². The molecule has 0 bridgehead atoms. The summed E-state index contributed by atoms with van der Waals surface area (Å²) in [5.41, 5.74) is 7.93. The molecular weight excluding hydrogens is 370 g/mol. The Morgan fingerprint density at radius 2 is 1.55 bits per heavy atom. The maximum Gasteiger partial charge on any atom is 0.293 e. The number of benzene rings is 2. The molecule has 0 aliphatic carbocycles. The molecule has 7 nitrogen and oxygen atoms in total. The van der Waals surface area contributed by atoms with Gasteiger partial charge in [-0.25, -0.2) is 0 Å². The van der Waals surface area contributed by atoms with Crippen LogP contribution < -0.4 is 11.1 Å². The molecule has 3 aromatic rings. The van der Waals surface area contributed by atoms with Crippen LogP contribution in [0, 0.1) is 0 Å². The van der Waals surface area contributed by atoms with Gasteiger partial charge in [-0.1, -0.05) is 42.5 Å². The first-order valence-corrected chi connectivity index (χ1v) is 8.78. The molecule has 2 aromatic carbocycles. The van der Waals surface area contributed by atoms with Gasteiger partial charge in [0.1, 0.15) is 6.61 Å². The number of hydrogen-bond donors (Lipinski definition) is 2. The quantitative estimate of drug-likeness (QED) is 0.473. The van der Waals surface area contributed by atoms with Crippen molar-refractivity contribution in [1.29, 1.82) is 0 Å². The molecule has 0 fully saturated rings. The maximum atomic E-state index is 11.9. The summed E-state index contributed by atoms with van der Waals surface area (Å²) in [5.74, 6) is -0.390. The third-order valence-corrected chi connectivity index (χ3v) is 3.75. The molecule has 0 saturated heterocycles. The first-order chi connectivity index (χ1) is 14.1. The topological polar surface area (TPSA) is 111 Å². The van der Waals surface area contributed by atoms with E-state index in [0.29, 0.717) is 29.9 Å². The Morgan fingerprint density at radius 3 is 2.14 bits per heavy atom. The van der Waals surface area contributed by atoms with Gasteiger partial charge in [0.2, 0.25) is 0 Å². The summed E-state index contributed by atoms with van der Waals surface area (Å²) in [7, 11) is 0. The monoisotopic (exact) mass is 391 g/mol. The molecule has 0 radical (unpaired) electrons. The molecule has 148 valence electrons. The highest BCUT2D eigenvalue weighted by Gasteiger charge is 2.08. The van der Waals surface area contributed by atoms with E-state index in [1.54, 1.807) is 48.8 Å². The molecule has 1 aromatic heterocycles. The fourth-order valence-electron chi connectivity index (χ4n) is 2.27. The third kappa shape index (κ3) is 7.36. The standard InChI is InChI=1S/C14H13N3O2.C8H8O2/c15-9-13(18)10-1-3-11(4-2-10)14(19)17-12-5-7-16-8-6-12;9-7-10-6-8-4-2-1-3-5-8/h1-8H,9,15H2,(H,16,17,19);1-5,7H,6H2. The Balaban J connectivity index is 0.000000253. The van der Waals surface area contributed by atoms with Crippen molar-refractivity contribution in [2.45, 2.75) is 6.61 Å². The molecule has 0 unspecified atom stereocenters. The minimum atomic E-state index is -0.238. The lowest BCUT2D eigenvalue weighted by Gasteiger charge is -2.05. The number of nitrogens with one attached hydrogen (secondary N) is 1. The number of pyridine rings is 1. The molecule has 0 spiro atoms. The highest BCUT2D eigenvalue weighted by molar-refractivity contribution is 6.05. The van der Waals surface area contributed by atoms with E-state index in [9.17, 15) is 14.4 Å². The number of Topliss-reactive ketones (excluding diaryl/α,β-unsaturated/α-hetero) is 1. The van der Waals surface area contributed by atoms with Gasteiger partial charge in [-0.3, -0.25) is 19.4 Å². The van der Waals surface area contributed by atoms with Gasteiger partial charge in [0, 0.05) is 29.2 Å². The molecule has 1 amide bonds. The first kappa shape index (κ1) is 21.5. The van der Waals surface area contributed by atoms with E-state index < -0.39 is 0 Å². The van der Waals surface area contributed by atoms with Crippen molar-refractivity contribution in [2.75, 3.05) is 11.9 Å². The van der Waals surface area contributed by atoms with Crippen molar-refractivity contribution in [3.05, 3.63) is 95.8 Å². The number of anilines is 1. The van der Waals surface area contributed by atoms with Gasteiger partial charge in [0.15, 0.2) is 5.78 Å². The molecule has 1 heterocycles. The van der Waals surface area contributed by atoms with Crippen LogP contribution in [-0.2, 0) is 16.1 Å². The summed E-state index contributed by atoms with van der Waals surface area (Å²) in [6.45, 7) is 0.778. The van der Waals surface area contributed by atoms with Crippen molar-refractivity contribution in [3.8, 4) is 0 Å². The lowest BCUT2D eigenvalue weighted by Crippen LogP contribution is -2.15. The van der Waals surface area contributed by atoms with Gasteiger partial charge in [-0.2, -0.15) is 0 Å². The van der Waals surface area contributed by atoms with E-state index in [4.69, 9.17) is 5.73 Å². The summed E-state index contributed by atoms with van der Waals surface area (Å²) in [6, 6.07) is 19.3. The van der Waals surface area contributed by atoms with Gasteiger partial charge in [0.25, 0.3) is 12.4 Å². The zero-order valence-electron chi connectivity index (χ0n) is 15.7. The Bertz CT molecular complexity index is 914. The van der Waals surface area contributed by atoms with Crippen LogP contribution in [0.25, 0.3) is 0 Å². The molecule has 0 atom stereocenters. The summed E-state index contributed by atoms with van der Waals surface area (Å²) >= 11 is 0. The second kappa shape index (κ2) is 11.8. The average molecular weight is 391 g/mol. The molecule has 7 heteroatoms. The highest BCUT2D eigenvalue weighted by atomic mass is 16.5. The van der Waals surface area contributed by atoms with Gasteiger partial charge in [-0.05, 0) is 29.8 Å². The largest absolute Gasteiger partial charge is 0.463 e. The van der Waals surface area contributed by atoms with Crippen LogP contribution in [0.3, 0.4) is 0 Å². The van der Waals surface area contributed by atoms with E-state index in [1.165, 1.54) is 0 Å². The number of nitrogens with zero attached hydrogens (tertiary/aromatic N) is 1. The van der Waals surface area contributed by atoms with Crippen LogP contribution in [0.1, 0.15) is 26.3 Å². The van der Waals surface area contributed by atoms with Crippen LogP contribution in [0.15, 0.2) is 79.1 Å². The Morgan fingerprint density at radius 1 is 0.931 bits per heavy atom. The van der Waals surface area contributed by atoms with Gasteiger partial charge in [-0.15, -0.1) is 0 Å². The normalized spacial score (nSPS) is 9.55. The number of ether oxygens (including phenoxy) is 1. The van der Waals surface area contributed by atoms with Crippen molar-refractivity contribution in [3.63, 3.8) is 0 Å². The average Bonchev–Trinajstić information content (AvgIpc) is 2.79. The van der Waals surface area contributed by atoms with Crippen LogP contribution in [-0.4, -0.2) is 29.7 Å². The molecule has 0 aliphatic heterocycles. The van der Waals surface area contributed by atoms with Crippen molar-refractivity contribution >= 4 is 23.9 Å². The number of hydrogen-bond acceptors (Lipinski definition) is 6. The lowest BCUT2D eigenvalue weighted by molar-refractivity contribution is -0.129. The highest BCUT2D eigenvalue weighted by Crippen LogP contribution is 2.09. The minimum Gasteiger partial charge on any atom is -0.463 e. The van der Waals surface area contributed by atoms with Gasteiger partial charge < -0.3 is 15.8 Å². The van der Waals surface area contributed by atoms with Gasteiger partial charge >= 0.3 is 0 Å². The molecule has 0 saturated carbocycles. The third-order valence-electron chi connectivity index (χ3n) is 3.75. The number of nitrogens with two attached hydrogens (primary N) is 1. The summed E-state index contributed by atoms with van der Waals surface area (Å²) in [4.78, 5) is 36.9. The number of amides is 1. The van der Waals surface area contributed by atoms with Crippen LogP contribution in [0.2, 0.25) is 0 Å². The smallest absolute Gasteiger partial charge is 0.293 e. The first-order valence-electron chi connectivity index (χ1n) is 8.78. The predicted molar refractivity (Wildman–Crippen MR) is 109 cm³/mol. The van der Waals surface area contributed by atoms with E-state index >= 15 is 0 Å². The zero-order chi connectivity index (χ0) is 20.9. The number of ketones is 1. The second-order valence-electron chi connectivity index (χ2n) is 5.79. The SMILES string of the molecule is NCC(=O)c1ccc(C(=O)Nc2ccncc2)cc1.O=COCc1ccccc1. The van der Waals surface area contributed by atoms with E-state index in [2.05, 4.69) is 15.0 Å². The van der Waals surface area contributed by atoms with Crippen LogP contribution >= 0.6 is 0 Å². The minimum absolute atomic E-state index is 0.0391. The van der Waals surface area contributed by atoms with Crippen molar-refractivity contribution in [2.24, 2.45) is 5.73 Å². The second-order valence-corrected chi connectivity index (χ2v) is 5.79. The summed E-state index contributed by atoms with van der Waals surface area (Å²) in [5, 5.41) is 2.73. The summed E-state index contributed by atoms with van der Waals surface area (Å²) in [6.07, 6.45) is 3.19. The number of carbonyl (C=O) groups excluding carboxylic acids is 3. The Kier molecular flexibility index (Phi) is 8.72. The predicted octanol–water partition coefficient (Wildman–Crippen LogP) is 2.83. The fraction of sp³-hybridized carbons (Fsp3) is 0.0909. The van der Waals surface area contributed by atoms with Gasteiger partial charge in [0.05, 0.1) is 6.54 Å². The molecular formula is C22H21N3O4. The van der Waals surface area contributed by atoms with Crippen LogP contribution in [0.4, 0.5) is 5.69 Å². The maximum absolute atomic E-state index is 11.9. The number of carbonyl (C=O) groups is 3. The lowest BCUT2D eigenvalue weighted by atomic mass is 10.1. The molecule has 29 heavy (non-hydrogen) atoms. The fourth-order valence-corrected chi connectivity index (χ4v) is 2.27. The zero-order valence-corrected chi connectivity index (χ0v) is 15.7. The van der Waals surface area contributed by atoms with Crippen molar-refractivity contribution in [1.82, 2.24) is 4.98 Å². The Hall–Kier alpha value is -3.84. The number of rotatable bonds is 7. The summed E-state index contributed by atoms with van der Waals surface area (Å²) < 4.78 is 4.54. The molecule has 3 N–H and O–H groups in total. The van der Waals surface area contributed by atoms with E-state index in [-0.39, 0.29) is 18.2 Å². The Labute approximate surface area is 168 Å². The van der Waals surface area contributed by atoms with Crippen LogP contribution in [0.5, 0.6) is 0 Å².